The third-order valence-electron chi connectivity index (χ3n) is 2.92. The van der Waals surface area contributed by atoms with Crippen LogP contribution in [0.2, 0.25) is 0 Å². The molecule has 1 aromatic carbocycles. The smallest absolute Gasteiger partial charge is 0.239 e. The van der Waals surface area contributed by atoms with E-state index in [0.717, 1.165) is 27.1 Å². The second-order valence-corrected chi connectivity index (χ2v) is 5.48. The molecule has 0 aliphatic carbocycles. The molecule has 0 bridgehead atoms. The van der Waals surface area contributed by atoms with Gasteiger partial charge in [0.1, 0.15) is 5.82 Å². The zero-order valence-electron chi connectivity index (χ0n) is 11.8. The normalized spacial score (nSPS) is 10.4. The minimum Gasteiger partial charge on any atom is -0.476 e. The molecule has 0 radical (unpaired) electrons. The van der Waals surface area contributed by atoms with E-state index in [1.165, 1.54) is 0 Å². The number of hydrogen-bond donors (Lipinski definition) is 2. The number of nitrogen functional groups attached to an aromatic ring is 1. The Morgan fingerprint density at radius 2 is 1.90 bits per heavy atom. The molecule has 0 aliphatic heterocycles. The van der Waals surface area contributed by atoms with Crippen molar-refractivity contribution >= 4 is 33.1 Å². The Balaban J connectivity index is 2.33. The van der Waals surface area contributed by atoms with Crippen molar-refractivity contribution in [3.8, 4) is 5.88 Å². The second kappa shape index (κ2) is 6.13. The van der Waals surface area contributed by atoms with Crippen LogP contribution >= 0.6 is 15.9 Å². The number of rotatable bonds is 4. The van der Waals surface area contributed by atoms with Crippen LogP contribution in [0.3, 0.4) is 0 Å². The van der Waals surface area contributed by atoms with Gasteiger partial charge in [0.25, 0.3) is 0 Å². The number of ether oxygens (including phenoxy) is 1. The quantitative estimate of drug-likeness (QED) is 0.879. The van der Waals surface area contributed by atoms with Gasteiger partial charge >= 0.3 is 0 Å². The standard InChI is InChI=1S/C15H18BrN3O/c1-4-20-15-12(17)5-6-13(19-15)18-14-9(2)7-11(16)8-10(14)3/h5-8H,4,17H2,1-3H3,(H,18,19). The maximum Gasteiger partial charge on any atom is 0.239 e. The fraction of sp³-hybridized carbons (Fsp3) is 0.267. The summed E-state index contributed by atoms with van der Waals surface area (Å²) in [5, 5.41) is 3.33. The van der Waals surface area contributed by atoms with Crippen LogP contribution in [0.4, 0.5) is 17.2 Å². The highest BCUT2D eigenvalue weighted by molar-refractivity contribution is 9.10. The van der Waals surface area contributed by atoms with Crippen LogP contribution in [0.15, 0.2) is 28.7 Å². The van der Waals surface area contributed by atoms with E-state index in [4.69, 9.17) is 10.5 Å². The van der Waals surface area contributed by atoms with Gasteiger partial charge in [-0.15, -0.1) is 0 Å². The lowest BCUT2D eigenvalue weighted by Crippen LogP contribution is -2.03. The lowest BCUT2D eigenvalue weighted by atomic mass is 10.1. The molecule has 3 N–H and O–H groups in total. The maximum absolute atomic E-state index is 5.83. The number of pyridine rings is 1. The Hall–Kier alpha value is -1.75. The minimum atomic E-state index is 0.463. The van der Waals surface area contributed by atoms with E-state index < -0.39 is 0 Å². The van der Waals surface area contributed by atoms with Crippen molar-refractivity contribution in [3.05, 3.63) is 39.9 Å². The summed E-state index contributed by atoms with van der Waals surface area (Å²) < 4.78 is 6.48. The Kier molecular flexibility index (Phi) is 4.49. The minimum absolute atomic E-state index is 0.463. The van der Waals surface area contributed by atoms with Crippen molar-refractivity contribution in [2.75, 3.05) is 17.7 Å². The molecule has 0 fully saturated rings. The Morgan fingerprint density at radius 1 is 1.25 bits per heavy atom. The number of nitrogens with one attached hydrogen (secondary N) is 1. The summed E-state index contributed by atoms with van der Waals surface area (Å²) in [6, 6.07) is 7.77. The van der Waals surface area contributed by atoms with Crippen molar-refractivity contribution in [3.63, 3.8) is 0 Å². The third-order valence-corrected chi connectivity index (χ3v) is 3.38. The number of nitrogens with two attached hydrogens (primary N) is 1. The van der Waals surface area contributed by atoms with Gasteiger partial charge in [-0.05, 0) is 56.2 Å². The van der Waals surface area contributed by atoms with E-state index in [9.17, 15) is 0 Å². The average molecular weight is 336 g/mol. The van der Waals surface area contributed by atoms with E-state index >= 15 is 0 Å². The van der Waals surface area contributed by atoms with Crippen LogP contribution in [0.25, 0.3) is 0 Å². The van der Waals surface area contributed by atoms with Gasteiger partial charge in [-0.25, -0.2) is 0 Å². The lowest BCUT2D eigenvalue weighted by Gasteiger charge is -2.14. The zero-order chi connectivity index (χ0) is 14.7. The molecule has 0 saturated heterocycles. The van der Waals surface area contributed by atoms with Gasteiger partial charge in [-0.1, -0.05) is 15.9 Å². The summed E-state index contributed by atoms with van der Waals surface area (Å²) in [6.45, 7) is 6.56. The number of benzene rings is 1. The zero-order valence-corrected chi connectivity index (χ0v) is 13.4. The van der Waals surface area contributed by atoms with Gasteiger partial charge in [0, 0.05) is 10.2 Å². The first-order valence-electron chi connectivity index (χ1n) is 6.44. The van der Waals surface area contributed by atoms with Crippen molar-refractivity contribution in [1.82, 2.24) is 4.98 Å². The van der Waals surface area contributed by atoms with Gasteiger partial charge in [-0.3, -0.25) is 0 Å². The van der Waals surface area contributed by atoms with E-state index in [0.29, 0.717) is 18.2 Å². The summed E-state index contributed by atoms with van der Waals surface area (Å²) in [5.41, 5.74) is 9.71. The molecule has 0 spiro atoms. The van der Waals surface area contributed by atoms with Crippen molar-refractivity contribution in [2.45, 2.75) is 20.8 Å². The fourth-order valence-electron chi connectivity index (χ4n) is 2.01. The molecule has 1 aromatic heterocycles. The van der Waals surface area contributed by atoms with Crippen LogP contribution in [-0.4, -0.2) is 11.6 Å². The summed E-state index contributed by atoms with van der Waals surface area (Å²) in [5.74, 6) is 1.18. The molecule has 0 amide bonds. The van der Waals surface area contributed by atoms with Crippen molar-refractivity contribution < 1.29 is 4.74 Å². The highest BCUT2D eigenvalue weighted by atomic mass is 79.9. The fourth-order valence-corrected chi connectivity index (χ4v) is 2.70. The predicted molar refractivity (Wildman–Crippen MR) is 86.7 cm³/mol. The molecule has 2 aromatic rings. The molecule has 2 rings (SSSR count). The molecule has 0 saturated carbocycles. The molecule has 1 heterocycles. The first-order chi connectivity index (χ1) is 9.51. The van der Waals surface area contributed by atoms with Crippen LogP contribution in [0.1, 0.15) is 18.1 Å². The molecule has 20 heavy (non-hydrogen) atoms. The molecular formula is C15H18BrN3O. The van der Waals surface area contributed by atoms with Gasteiger partial charge in [0.15, 0.2) is 0 Å². The average Bonchev–Trinajstić information content (AvgIpc) is 2.37. The largest absolute Gasteiger partial charge is 0.476 e. The summed E-state index contributed by atoms with van der Waals surface area (Å²) in [7, 11) is 0. The monoisotopic (exact) mass is 335 g/mol. The number of hydrogen-bond acceptors (Lipinski definition) is 4. The number of aryl methyl sites for hydroxylation is 2. The van der Waals surface area contributed by atoms with Gasteiger partial charge < -0.3 is 15.8 Å². The Labute approximate surface area is 127 Å². The molecular weight excluding hydrogens is 318 g/mol. The summed E-state index contributed by atoms with van der Waals surface area (Å²) in [6.07, 6.45) is 0. The summed E-state index contributed by atoms with van der Waals surface area (Å²) >= 11 is 3.49. The molecule has 106 valence electrons. The van der Waals surface area contributed by atoms with Gasteiger partial charge in [0.05, 0.1) is 12.3 Å². The number of halogens is 1. The van der Waals surface area contributed by atoms with Crippen LogP contribution in [-0.2, 0) is 0 Å². The van der Waals surface area contributed by atoms with E-state index in [-0.39, 0.29) is 0 Å². The summed E-state index contributed by atoms with van der Waals surface area (Å²) in [4.78, 5) is 4.39. The van der Waals surface area contributed by atoms with E-state index in [1.54, 1.807) is 6.07 Å². The van der Waals surface area contributed by atoms with E-state index in [1.807, 2.05) is 13.0 Å². The van der Waals surface area contributed by atoms with Crippen LogP contribution in [0.5, 0.6) is 5.88 Å². The predicted octanol–water partition coefficient (Wildman–Crippen LogP) is 4.19. The van der Waals surface area contributed by atoms with Gasteiger partial charge in [-0.2, -0.15) is 4.98 Å². The first kappa shape index (κ1) is 14.7. The van der Waals surface area contributed by atoms with Crippen molar-refractivity contribution in [2.24, 2.45) is 0 Å². The number of nitrogens with zero attached hydrogens (tertiary/aromatic N) is 1. The lowest BCUT2D eigenvalue weighted by molar-refractivity contribution is 0.329. The van der Waals surface area contributed by atoms with Crippen LogP contribution < -0.4 is 15.8 Å². The van der Waals surface area contributed by atoms with E-state index in [2.05, 4.69) is 52.2 Å². The molecule has 0 unspecified atom stereocenters. The molecule has 4 nitrogen and oxygen atoms in total. The second-order valence-electron chi connectivity index (χ2n) is 4.56. The third kappa shape index (κ3) is 3.22. The number of aromatic nitrogens is 1. The molecule has 0 atom stereocenters. The van der Waals surface area contributed by atoms with Gasteiger partial charge in [0.2, 0.25) is 5.88 Å². The Bertz CT molecular complexity index is 606. The molecule has 0 aliphatic rings. The maximum atomic E-state index is 5.83. The number of anilines is 3. The Morgan fingerprint density at radius 3 is 2.50 bits per heavy atom. The van der Waals surface area contributed by atoms with Crippen molar-refractivity contribution in [1.29, 1.82) is 0 Å². The first-order valence-corrected chi connectivity index (χ1v) is 7.23. The molecule has 5 heteroatoms. The SMILES string of the molecule is CCOc1nc(Nc2c(C)cc(Br)cc2C)ccc1N. The highest BCUT2D eigenvalue weighted by Gasteiger charge is 2.08. The topological polar surface area (TPSA) is 60.2 Å². The highest BCUT2D eigenvalue weighted by Crippen LogP contribution is 2.29. The van der Waals surface area contributed by atoms with Crippen LogP contribution in [0, 0.1) is 13.8 Å².